The summed E-state index contributed by atoms with van der Waals surface area (Å²) in [6, 6.07) is 6.73. The van der Waals surface area contributed by atoms with Crippen LogP contribution in [0.3, 0.4) is 0 Å². The van der Waals surface area contributed by atoms with Crippen molar-refractivity contribution in [3.8, 4) is 0 Å². The zero-order valence-electron chi connectivity index (χ0n) is 15.7. The minimum Gasteiger partial charge on any atom is -0.279 e. The smallest absolute Gasteiger partial charge is 0.279 e. The van der Waals surface area contributed by atoms with Gasteiger partial charge in [0.05, 0.1) is 24.3 Å². The van der Waals surface area contributed by atoms with E-state index in [1.165, 1.54) is 5.57 Å². The van der Waals surface area contributed by atoms with Gasteiger partial charge in [0.15, 0.2) is 0 Å². The summed E-state index contributed by atoms with van der Waals surface area (Å²) in [5.41, 5.74) is 6.34. The summed E-state index contributed by atoms with van der Waals surface area (Å²) in [6.07, 6.45) is 11.4. The van der Waals surface area contributed by atoms with E-state index in [1.807, 2.05) is 6.92 Å². The van der Waals surface area contributed by atoms with Crippen molar-refractivity contribution < 1.29 is 17.4 Å². The lowest BCUT2D eigenvalue weighted by Gasteiger charge is -2.09. The lowest BCUT2D eigenvalue weighted by molar-refractivity contribution is 0.119. The number of aryl methyl sites for hydroxylation is 1. The van der Waals surface area contributed by atoms with Crippen LogP contribution in [-0.2, 0) is 19.1 Å². The third-order valence-corrected chi connectivity index (χ3v) is 5.71. The number of unbranched alkanes of at least 4 members (excludes halogenated alkanes) is 4. The molecule has 0 radical (unpaired) electrons. The lowest BCUT2D eigenvalue weighted by Crippen LogP contribution is -2.11. The molecule has 1 aromatic carbocycles. The van der Waals surface area contributed by atoms with E-state index in [9.17, 15) is 8.42 Å². The Morgan fingerprint density at radius 1 is 1.00 bits per heavy atom. The maximum atomic E-state index is 12.1. The van der Waals surface area contributed by atoms with Crippen LogP contribution >= 0.6 is 0 Å². The van der Waals surface area contributed by atoms with Crippen LogP contribution in [0, 0.1) is 6.92 Å². The molecule has 0 bridgehead atoms. The molecular weight excluding hydrogens is 350 g/mol. The average Bonchev–Trinajstić information content (AvgIpc) is 3.05. The Labute approximate surface area is 157 Å². The van der Waals surface area contributed by atoms with Crippen molar-refractivity contribution in [3.05, 3.63) is 53.3 Å². The first-order chi connectivity index (χ1) is 12.5. The van der Waals surface area contributed by atoms with Crippen molar-refractivity contribution >= 4 is 10.1 Å². The summed E-state index contributed by atoms with van der Waals surface area (Å²) in [7, 11) is -2.01. The zero-order valence-corrected chi connectivity index (χ0v) is 16.5. The minimum atomic E-state index is -3.63. The van der Waals surface area contributed by atoms with Crippen molar-refractivity contribution in [2.75, 3.05) is 13.7 Å². The molecule has 0 atom stereocenters. The first-order valence-electron chi connectivity index (χ1n) is 9.17. The second kappa shape index (κ2) is 10.5. The van der Waals surface area contributed by atoms with Crippen LogP contribution in [0.1, 0.15) is 50.5 Å². The highest BCUT2D eigenvalue weighted by Crippen LogP contribution is 2.23. The summed E-state index contributed by atoms with van der Waals surface area (Å²) in [5, 5.41) is 0. The third-order valence-electron chi connectivity index (χ3n) is 4.38. The van der Waals surface area contributed by atoms with Crippen LogP contribution in [0.5, 0.6) is 0 Å². The molecule has 1 aliphatic carbocycles. The lowest BCUT2D eigenvalue weighted by atomic mass is 10.1. The number of hydroxylamine groups is 1. The van der Waals surface area contributed by atoms with Gasteiger partial charge in [-0.2, -0.15) is 8.42 Å². The largest absolute Gasteiger partial charge is 0.296 e. The molecule has 0 aliphatic heterocycles. The van der Waals surface area contributed by atoms with E-state index in [-0.39, 0.29) is 11.5 Å². The Morgan fingerprint density at radius 2 is 1.69 bits per heavy atom. The van der Waals surface area contributed by atoms with E-state index in [0.717, 1.165) is 56.2 Å². The van der Waals surface area contributed by atoms with Gasteiger partial charge in [-0.15, -0.1) is 0 Å². The maximum absolute atomic E-state index is 12.1. The molecule has 0 aromatic heterocycles. The molecule has 0 saturated carbocycles. The van der Waals surface area contributed by atoms with Gasteiger partial charge in [0.25, 0.3) is 10.1 Å². The summed E-state index contributed by atoms with van der Waals surface area (Å²) in [4.78, 5) is 5.19. The van der Waals surface area contributed by atoms with Crippen LogP contribution in [0.25, 0.3) is 0 Å². The predicted octanol–water partition coefficient (Wildman–Crippen LogP) is 4.41. The van der Waals surface area contributed by atoms with E-state index < -0.39 is 10.1 Å². The average molecular weight is 380 g/mol. The standard InChI is InChI=1S/C20H29NO4S/c1-17-12-14-19(15-13-17)26(22,23)25-16-7-5-3-4-6-9-18-10-8-11-20(18)21-24-2/h10-15,21H,3-9,16H2,1-2H3. The molecule has 0 spiro atoms. The van der Waals surface area contributed by atoms with Gasteiger partial charge in [0.1, 0.15) is 0 Å². The first kappa shape index (κ1) is 20.7. The molecule has 26 heavy (non-hydrogen) atoms. The number of hydrogen-bond acceptors (Lipinski definition) is 5. The second-order valence-corrected chi connectivity index (χ2v) is 8.11. The van der Waals surface area contributed by atoms with Gasteiger partial charge in [-0.05, 0) is 50.3 Å². The van der Waals surface area contributed by atoms with Crippen LogP contribution in [-0.4, -0.2) is 22.1 Å². The fourth-order valence-corrected chi connectivity index (χ4v) is 3.85. The maximum Gasteiger partial charge on any atom is 0.296 e. The highest BCUT2D eigenvalue weighted by atomic mass is 32.2. The molecule has 0 saturated heterocycles. The third kappa shape index (κ3) is 6.59. The molecule has 1 N–H and O–H groups in total. The fourth-order valence-electron chi connectivity index (χ4n) is 2.90. The van der Waals surface area contributed by atoms with Gasteiger partial charge in [-0.3, -0.25) is 14.5 Å². The molecule has 144 valence electrons. The van der Waals surface area contributed by atoms with E-state index >= 15 is 0 Å². The van der Waals surface area contributed by atoms with E-state index in [0.29, 0.717) is 0 Å². The Morgan fingerprint density at radius 3 is 2.42 bits per heavy atom. The Hall–Kier alpha value is -1.63. The van der Waals surface area contributed by atoms with Crippen LogP contribution in [0.2, 0.25) is 0 Å². The van der Waals surface area contributed by atoms with E-state index in [1.54, 1.807) is 31.4 Å². The Bertz CT molecular complexity index is 721. The molecule has 2 rings (SSSR count). The molecule has 6 heteroatoms. The molecule has 0 amide bonds. The van der Waals surface area contributed by atoms with Gasteiger partial charge in [0, 0.05) is 0 Å². The number of hydrogen-bond donors (Lipinski definition) is 1. The van der Waals surface area contributed by atoms with Crippen molar-refractivity contribution in [2.45, 2.75) is 56.8 Å². The molecule has 0 heterocycles. The molecule has 5 nitrogen and oxygen atoms in total. The van der Waals surface area contributed by atoms with Gasteiger partial charge in [-0.1, -0.05) is 49.1 Å². The number of benzene rings is 1. The van der Waals surface area contributed by atoms with Crippen molar-refractivity contribution in [3.63, 3.8) is 0 Å². The van der Waals surface area contributed by atoms with E-state index in [2.05, 4.69) is 17.6 Å². The van der Waals surface area contributed by atoms with Gasteiger partial charge in [-0.25, -0.2) is 0 Å². The molecule has 1 aromatic rings. The molecule has 0 unspecified atom stereocenters. The second-order valence-electron chi connectivity index (χ2n) is 6.50. The molecule has 0 fully saturated rings. The SMILES string of the molecule is CONC1=CCC=C1CCCCCCCOS(=O)(=O)c1ccc(C)cc1. The Balaban J connectivity index is 1.56. The summed E-state index contributed by atoms with van der Waals surface area (Å²) < 4.78 is 29.2. The fraction of sp³-hybridized carbons (Fsp3) is 0.500. The topological polar surface area (TPSA) is 64.6 Å². The van der Waals surface area contributed by atoms with Crippen LogP contribution in [0.15, 0.2) is 52.6 Å². The van der Waals surface area contributed by atoms with Gasteiger partial charge >= 0.3 is 0 Å². The number of allylic oxidation sites excluding steroid dienone is 3. The van der Waals surface area contributed by atoms with Crippen molar-refractivity contribution in [1.82, 2.24) is 5.48 Å². The van der Waals surface area contributed by atoms with Gasteiger partial charge in [0.2, 0.25) is 0 Å². The van der Waals surface area contributed by atoms with E-state index in [4.69, 9.17) is 9.02 Å². The van der Waals surface area contributed by atoms with Gasteiger partial charge < -0.3 is 0 Å². The van der Waals surface area contributed by atoms with Crippen LogP contribution < -0.4 is 5.48 Å². The quantitative estimate of drug-likeness (QED) is 0.331. The van der Waals surface area contributed by atoms with Crippen molar-refractivity contribution in [2.24, 2.45) is 0 Å². The van der Waals surface area contributed by atoms with Crippen molar-refractivity contribution in [1.29, 1.82) is 0 Å². The number of nitrogens with one attached hydrogen (secondary N) is 1. The minimum absolute atomic E-state index is 0.224. The summed E-state index contributed by atoms with van der Waals surface area (Å²) >= 11 is 0. The monoisotopic (exact) mass is 379 g/mol. The summed E-state index contributed by atoms with van der Waals surface area (Å²) in [5.74, 6) is 0. The first-order valence-corrected chi connectivity index (χ1v) is 10.6. The normalized spacial score (nSPS) is 14.2. The highest BCUT2D eigenvalue weighted by molar-refractivity contribution is 7.86. The summed E-state index contributed by atoms with van der Waals surface area (Å²) in [6.45, 7) is 2.16. The zero-order chi connectivity index (χ0) is 18.8. The van der Waals surface area contributed by atoms with Crippen LogP contribution in [0.4, 0.5) is 0 Å². The number of rotatable bonds is 12. The molecular formula is C20H29NO4S. The molecule has 1 aliphatic rings. The Kier molecular flexibility index (Phi) is 8.35. The predicted molar refractivity (Wildman–Crippen MR) is 103 cm³/mol. The highest BCUT2D eigenvalue weighted by Gasteiger charge is 2.14.